The van der Waals surface area contributed by atoms with Gasteiger partial charge in [0, 0.05) is 13.0 Å². The van der Waals surface area contributed by atoms with Crippen LogP contribution < -0.4 is 4.74 Å². The Balaban J connectivity index is 2.11. The van der Waals surface area contributed by atoms with Gasteiger partial charge in [-0.3, -0.25) is 0 Å². The van der Waals surface area contributed by atoms with E-state index in [2.05, 4.69) is 6.07 Å². The fourth-order valence-corrected chi connectivity index (χ4v) is 2.13. The lowest BCUT2D eigenvalue weighted by molar-refractivity contribution is -0.0229. The van der Waals surface area contributed by atoms with Crippen molar-refractivity contribution in [3.05, 3.63) is 29.3 Å². The van der Waals surface area contributed by atoms with Crippen LogP contribution >= 0.6 is 0 Å². The fourth-order valence-electron chi connectivity index (χ4n) is 2.13. The minimum Gasteiger partial charge on any atom is -0.487 e. The summed E-state index contributed by atoms with van der Waals surface area (Å²) in [5.74, 6) is 0.880. The summed E-state index contributed by atoms with van der Waals surface area (Å²) in [6.45, 7) is 3.77. The number of rotatable bonds is 4. The molecule has 1 aromatic rings. The maximum atomic E-state index is 9.94. The molecule has 0 bridgehead atoms. The lowest BCUT2D eigenvalue weighted by Gasteiger charge is -2.24. The van der Waals surface area contributed by atoms with E-state index in [1.54, 1.807) is 13.8 Å². The zero-order valence-electron chi connectivity index (χ0n) is 10.4. The first-order valence-corrected chi connectivity index (χ1v) is 6.12. The smallest absolute Gasteiger partial charge is 0.131 e. The van der Waals surface area contributed by atoms with E-state index in [4.69, 9.17) is 9.84 Å². The van der Waals surface area contributed by atoms with Crippen LogP contribution in [0.25, 0.3) is 0 Å². The third kappa shape index (κ3) is 2.79. The van der Waals surface area contributed by atoms with E-state index in [1.165, 1.54) is 5.56 Å². The van der Waals surface area contributed by atoms with Gasteiger partial charge in [0.05, 0.1) is 5.60 Å². The zero-order valence-corrected chi connectivity index (χ0v) is 10.4. The van der Waals surface area contributed by atoms with Crippen molar-refractivity contribution in [2.75, 3.05) is 6.61 Å². The third-order valence-corrected chi connectivity index (χ3v) is 3.21. The molecule has 1 aromatic carbocycles. The molecule has 2 N–H and O–H groups in total. The molecular weight excluding hydrogens is 216 g/mol. The largest absolute Gasteiger partial charge is 0.487 e. The highest BCUT2D eigenvalue weighted by atomic mass is 16.5. The van der Waals surface area contributed by atoms with Crippen molar-refractivity contribution >= 4 is 0 Å². The number of aryl methyl sites for hydroxylation is 1. The van der Waals surface area contributed by atoms with E-state index in [0.29, 0.717) is 0 Å². The van der Waals surface area contributed by atoms with Gasteiger partial charge in [-0.25, -0.2) is 0 Å². The molecule has 94 valence electrons. The van der Waals surface area contributed by atoms with Crippen molar-refractivity contribution in [1.29, 1.82) is 0 Å². The zero-order chi connectivity index (χ0) is 12.5. The lowest BCUT2D eigenvalue weighted by atomic mass is 9.96. The highest BCUT2D eigenvalue weighted by Crippen LogP contribution is 2.33. The number of benzene rings is 1. The third-order valence-electron chi connectivity index (χ3n) is 3.21. The number of ether oxygens (including phenoxy) is 1. The monoisotopic (exact) mass is 236 g/mol. The molecule has 1 unspecified atom stereocenters. The van der Waals surface area contributed by atoms with Gasteiger partial charge in [0.2, 0.25) is 0 Å². The van der Waals surface area contributed by atoms with Crippen molar-refractivity contribution in [3.63, 3.8) is 0 Å². The van der Waals surface area contributed by atoms with Gasteiger partial charge in [0.15, 0.2) is 0 Å². The van der Waals surface area contributed by atoms with E-state index in [9.17, 15) is 5.11 Å². The second kappa shape index (κ2) is 4.67. The Kier molecular flexibility index (Phi) is 3.40. The van der Waals surface area contributed by atoms with Crippen LogP contribution in [-0.2, 0) is 12.8 Å². The molecule has 0 saturated carbocycles. The molecule has 0 aliphatic carbocycles. The van der Waals surface area contributed by atoms with Crippen LogP contribution in [0.2, 0.25) is 0 Å². The van der Waals surface area contributed by atoms with Gasteiger partial charge in [-0.05, 0) is 43.9 Å². The molecule has 0 radical (unpaired) electrons. The van der Waals surface area contributed by atoms with Crippen molar-refractivity contribution in [3.8, 4) is 5.75 Å². The fraction of sp³-hybridized carbons (Fsp3) is 0.571. The summed E-state index contributed by atoms with van der Waals surface area (Å²) >= 11 is 0. The maximum absolute atomic E-state index is 9.94. The van der Waals surface area contributed by atoms with Gasteiger partial charge in [-0.15, -0.1) is 0 Å². The second-order valence-corrected chi connectivity index (χ2v) is 5.23. The van der Waals surface area contributed by atoms with Gasteiger partial charge in [0.1, 0.15) is 11.9 Å². The van der Waals surface area contributed by atoms with E-state index in [1.807, 2.05) is 12.1 Å². The minimum absolute atomic E-state index is 0.161. The molecule has 1 aliphatic rings. The van der Waals surface area contributed by atoms with E-state index in [-0.39, 0.29) is 12.7 Å². The molecule has 3 nitrogen and oxygen atoms in total. The summed E-state index contributed by atoms with van der Waals surface area (Å²) in [7, 11) is 0. The molecule has 0 spiro atoms. The molecule has 1 aliphatic heterocycles. The van der Waals surface area contributed by atoms with Crippen LogP contribution in [0.1, 0.15) is 31.4 Å². The van der Waals surface area contributed by atoms with Gasteiger partial charge in [-0.1, -0.05) is 12.1 Å². The van der Waals surface area contributed by atoms with Gasteiger partial charge in [-0.2, -0.15) is 0 Å². The number of hydrogen-bond acceptors (Lipinski definition) is 3. The van der Waals surface area contributed by atoms with Crippen LogP contribution in [0.3, 0.4) is 0 Å². The molecule has 1 atom stereocenters. The van der Waals surface area contributed by atoms with Gasteiger partial charge >= 0.3 is 0 Å². The molecule has 0 amide bonds. The van der Waals surface area contributed by atoms with Crippen LogP contribution in [0.4, 0.5) is 0 Å². The Hall–Kier alpha value is -1.06. The first kappa shape index (κ1) is 12.4. The molecule has 0 saturated heterocycles. The van der Waals surface area contributed by atoms with Gasteiger partial charge in [0.25, 0.3) is 0 Å². The van der Waals surface area contributed by atoms with Crippen molar-refractivity contribution in [1.82, 2.24) is 0 Å². The summed E-state index contributed by atoms with van der Waals surface area (Å²) in [5, 5.41) is 18.8. The van der Waals surface area contributed by atoms with E-state index in [0.717, 1.165) is 30.6 Å². The first-order chi connectivity index (χ1) is 8.00. The number of aliphatic hydroxyl groups excluding tert-OH is 1. The molecule has 17 heavy (non-hydrogen) atoms. The maximum Gasteiger partial charge on any atom is 0.131 e. The Bertz CT molecular complexity index is 393. The Morgan fingerprint density at radius 3 is 2.82 bits per heavy atom. The normalized spacial score (nSPS) is 18.9. The van der Waals surface area contributed by atoms with Crippen LogP contribution in [0.5, 0.6) is 5.75 Å². The SMILES string of the molecule is CC(C)(O)C1Cc2cc(CCCO)ccc2O1. The average molecular weight is 236 g/mol. The van der Waals surface area contributed by atoms with Crippen molar-refractivity contribution < 1.29 is 14.9 Å². The molecular formula is C14H20O3. The summed E-state index contributed by atoms with van der Waals surface area (Å²) in [5.41, 5.74) is 1.56. The Labute approximate surface area is 102 Å². The first-order valence-electron chi connectivity index (χ1n) is 6.12. The molecule has 0 aromatic heterocycles. The quantitative estimate of drug-likeness (QED) is 0.836. The summed E-state index contributed by atoms with van der Waals surface area (Å²) in [6, 6.07) is 6.12. The lowest BCUT2D eigenvalue weighted by Crippen LogP contribution is -2.39. The molecule has 2 rings (SSSR count). The predicted molar refractivity (Wildman–Crippen MR) is 66.3 cm³/mol. The summed E-state index contributed by atoms with van der Waals surface area (Å²) in [6.07, 6.45) is 2.27. The predicted octanol–water partition coefficient (Wildman–Crippen LogP) is 1.69. The summed E-state index contributed by atoms with van der Waals surface area (Å²) < 4.78 is 5.73. The number of fused-ring (bicyclic) bond motifs is 1. The van der Waals surface area contributed by atoms with Crippen molar-refractivity contribution in [2.45, 2.75) is 44.8 Å². The summed E-state index contributed by atoms with van der Waals surface area (Å²) in [4.78, 5) is 0. The van der Waals surface area contributed by atoms with Crippen LogP contribution in [0.15, 0.2) is 18.2 Å². The topological polar surface area (TPSA) is 49.7 Å². The average Bonchev–Trinajstić information content (AvgIpc) is 2.68. The standard InChI is InChI=1S/C14H20O3/c1-14(2,16)13-9-11-8-10(4-3-7-15)5-6-12(11)17-13/h5-6,8,13,15-16H,3-4,7,9H2,1-2H3. The van der Waals surface area contributed by atoms with Crippen LogP contribution in [0, 0.1) is 0 Å². The highest BCUT2D eigenvalue weighted by molar-refractivity contribution is 5.41. The molecule has 3 heteroatoms. The molecule has 1 heterocycles. The van der Waals surface area contributed by atoms with E-state index >= 15 is 0 Å². The Morgan fingerprint density at radius 1 is 1.41 bits per heavy atom. The van der Waals surface area contributed by atoms with Crippen LogP contribution in [-0.4, -0.2) is 28.5 Å². The molecule has 0 fully saturated rings. The Morgan fingerprint density at radius 2 is 2.18 bits per heavy atom. The number of aliphatic hydroxyl groups is 2. The highest BCUT2D eigenvalue weighted by Gasteiger charge is 2.34. The number of hydrogen-bond donors (Lipinski definition) is 2. The second-order valence-electron chi connectivity index (χ2n) is 5.23. The minimum atomic E-state index is -0.815. The van der Waals surface area contributed by atoms with Gasteiger partial charge < -0.3 is 14.9 Å². The van der Waals surface area contributed by atoms with Crippen molar-refractivity contribution in [2.24, 2.45) is 0 Å². The van der Waals surface area contributed by atoms with E-state index < -0.39 is 5.60 Å².